The molecule has 2 aromatic rings. The summed E-state index contributed by atoms with van der Waals surface area (Å²) in [6.07, 6.45) is 0.375. The molecular weight excluding hydrogens is 376 g/mol. The Hall–Kier alpha value is -3.33. The van der Waals surface area contributed by atoms with E-state index in [0.717, 1.165) is 13.1 Å². The molecule has 1 amide bonds. The lowest BCUT2D eigenvalue weighted by molar-refractivity contribution is -0.384. The molecule has 2 heterocycles. The fraction of sp³-hybridized carbons (Fsp3) is 0.350. The van der Waals surface area contributed by atoms with Crippen LogP contribution in [-0.2, 0) is 4.79 Å². The van der Waals surface area contributed by atoms with Crippen molar-refractivity contribution >= 4 is 23.0 Å². The third-order valence-corrected chi connectivity index (χ3v) is 5.10. The largest absolute Gasteiger partial charge is 0.454 e. The van der Waals surface area contributed by atoms with E-state index in [1.165, 1.54) is 6.07 Å². The van der Waals surface area contributed by atoms with Gasteiger partial charge < -0.3 is 19.7 Å². The van der Waals surface area contributed by atoms with E-state index in [2.05, 4.69) is 10.2 Å². The number of nitrogens with one attached hydrogen (secondary N) is 1. The normalized spacial score (nSPS) is 15.9. The smallest absolute Gasteiger partial charge is 0.292 e. The molecule has 0 aliphatic carbocycles. The Morgan fingerprint density at radius 3 is 2.62 bits per heavy atom. The van der Waals surface area contributed by atoms with Crippen molar-refractivity contribution in [3.8, 4) is 11.5 Å². The van der Waals surface area contributed by atoms with Gasteiger partial charge in [0, 0.05) is 57.0 Å². The molecule has 4 rings (SSSR count). The molecule has 2 aliphatic heterocycles. The van der Waals surface area contributed by atoms with Crippen LogP contribution in [0.2, 0.25) is 0 Å². The minimum absolute atomic E-state index is 0.0648. The van der Waals surface area contributed by atoms with E-state index in [4.69, 9.17) is 9.47 Å². The van der Waals surface area contributed by atoms with Crippen molar-refractivity contribution in [2.75, 3.05) is 49.7 Å². The minimum atomic E-state index is -0.345. The maximum absolute atomic E-state index is 12.3. The summed E-state index contributed by atoms with van der Waals surface area (Å²) >= 11 is 0. The molecule has 152 valence electrons. The molecule has 0 aromatic heterocycles. The summed E-state index contributed by atoms with van der Waals surface area (Å²) < 4.78 is 10.6. The van der Waals surface area contributed by atoms with Crippen molar-refractivity contribution in [1.29, 1.82) is 0 Å². The van der Waals surface area contributed by atoms with Gasteiger partial charge in [-0.25, -0.2) is 0 Å². The van der Waals surface area contributed by atoms with E-state index in [1.807, 2.05) is 11.0 Å². The second-order valence-corrected chi connectivity index (χ2v) is 6.94. The molecule has 1 fully saturated rings. The number of hydrogen-bond acceptors (Lipinski definition) is 7. The van der Waals surface area contributed by atoms with E-state index < -0.39 is 0 Å². The first-order valence-corrected chi connectivity index (χ1v) is 9.50. The van der Waals surface area contributed by atoms with Crippen molar-refractivity contribution in [3.63, 3.8) is 0 Å². The van der Waals surface area contributed by atoms with E-state index in [1.54, 1.807) is 30.3 Å². The molecule has 1 N–H and O–H groups in total. The molecule has 0 atom stereocenters. The zero-order valence-electron chi connectivity index (χ0n) is 15.9. The number of benzene rings is 2. The van der Waals surface area contributed by atoms with Crippen LogP contribution >= 0.6 is 0 Å². The third-order valence-electron chi connectivity index (χ3n) is 5.10. The number of carbonyl (C=O) groups excluding carboxylic acids is 1. The van der Waals surface area contributed by atoms with Crippen LogP contribution < -0.4 is 19.7 Å². The van der Waals surface area contributed by atoms with E-state index >= 15 is 0 Å². The maximum Gasteiger partial charge on any atom is 0.292 e. The second kappa shape index (κ2) is 8.36. The van der Waals surface area contributed by atoms with Crippen LogP contribution in [0.25, 0.3) is 0 Å². The van der Waals surface area contributed by atoms with Crippen LogP contribution in [0.1, 0.15) is 6.42 Å². The lowest BCUT2D eigenvalue weighted by Crippen LogP contribution is -2.47. The fourth-order valence-corrected chi connectivity index (χ4v) is 3.56. The van der Waals surface area contributed by atoms with Crippen molar-refractivity contribution in [3.05, 3.63) is 52.6 Å². The molecule has 2 aromatic carbocycles. The third kappa shape index (κ3) is 4.40. The van der Waals surface area contributed by atoms with Gasteiger partial charge in [0.05, 0.1) is 4.92 Å². The Morgan fingerprint density at radius 2 is 1.83 bits per heavy atom. The van der Waals surface area contributed by atoms with Gasteiger partial charge in [-0.3, -0.25) is 19.8 Å². The monoisotopic (exact) mass is 398 g/mol. The van der Waals surface area contributed by atoms with Crippen molar-refractivity contribution in [1.82, 2.24) is 4.90 Å². The molecule has 0 radical (unpaired) electrons. The summed E-state index contributed by atoms with van der Waals surface area (Å²) in [5, 5.41) is 14.1. The van der Waals surface area contributed by atoms with Crippen LogP contribution in [0.15, 0.2) is 42.5 Å². The number of anilines is 2. The van der Waals surface area contributed by atoms with Crippen molar-refractivity contribution in [2.24, 2.45) is 0 Å². The van der Waals surface area contributed by atoms with Gasteiger partial charge in [-0.1, -0.05) is 12.1 Å². The summed E-state index contributed by atoms with van der Waals surface area (Å²) in [6, 6.07) is 12.1. The van der Waals surface area contributed by atoms with Crippen LogP contribution in [0.5, 0.6) is 11.5 Å². The van der Waals surface area contributed by atoms with E-state index in [-0.39, 0.29) is 23.3 Å². The highest BCUT2D eigenvalue weighted by Gasteiger charge is 2.23. The molecule has 29 heavy (non-hydrogen) atoms. The number of nitro benzene ring substituents is 1. The Bertz CT molecular complexity index is 911. The molecule has 0 bridgehead atoms. The van der Waals surface area contributed by atoms with Crippen LogP contribution in [-0.4, -0.2) is 55.2 Å². The van der Waals surface area contributed by atoms with Gasteiger partial charge in [0.2, 0.25) is 12.7 Å². The first-order valence-electron chi connectivity index (χ1n) is 9.50. The Balaban J connectivity index is 1.25. The summed E-state index contributed by atoms with van der Waals surface area (Å²) in [6.45, 7) is 3.72. The van der Waals surface area contributed by atoms with Gasteiger partial charge in [-0.05, 0) is 18.2 Å². The second-order valence-electron chi connectivity index (χ2n) is 6.94. The molecule has 1 saturated heterocycles. The lowest BCUT2D eigenvalue weighted by atomic mass is 10.2. The number of carbonyl (C=O) groups is 1. The predicted octanol–water partition coefficient (Wildman–Crippen LogP) is 2.47. The first-order chi connectivity index (χ1) is 14.1. The summed E-state index contributed by atoms with van der Waals surface area (Å²) in [5.74, 6) is 1.25. The number of amides is 1. The van der Waals surface area contributed by atoms with E-state index in [0.29, 0.717) is 48.9 Å². The highest BCUT2D eigenvalue weighted by Crippen LogP contribution is 2.34. The molecule has 0 spiro atoms. The average molecular weight is 398 g/mol. The van der Waals surface area contributed by atoms with Gasteiger partial charge in [0.1, 0.15) is 5.69 Å². The Morgan fingerprint density at radius 1 is 1.07 bits per heavy atom. The number of nitrogens with zero attached hydrogens (tertiary/aromatic N) is 3. The highest BCUT2D eigenvalue weighted by atomic mass is 16.7. The van der Waals surface area contributed by atoms with Crippen LogP contribution in [0.3, 0.4) is 0 Å². The van der Waals surface area contributed by atoms with E-state index in [9.17, 15) is 14.9 Å². The van der Waals surface area contributed by atoms with Gasteiger partial charge in [-0.2, -0.15) is 0 Å². The quantitative estimate of drug-likeness (QED) is 0.590. The number of rotatable bonds is 6. The summed E-state index contributed by atoms with van der Waals surface area (Å²) in [4.78, 5) is 27.4. The van der Waals surface area contributed by atoms with Crippen molar-refractivity contribution in [2.45, 2.75) is 6.42 Å². The Labute approximate surface area is 168 Å². The number of ether oxygens (including phenoxy) is 2. The molecule has 9 heteroatoms. The van der Waals surface area contributed by atoms with Gasteiger partial charge in [-0.15, -0.1) is 0 Å². The number of hydrogen-bond donors (Lipinski definition) is 1. The number of para-hydroxylation sites is 2. The fourth-order valence-electron chi connectivity index (χ4n) is 3.56. The van der Waals surface area contributed by atoms with Crippen molar-refractivity contribution < 1.29 is 19.2 Å². The van der Waals surface area contributed by atoms with Gasteiger partial charge in [0.25, 0.3) is 5.69 Å². The number of nitro groups is 1. The minimum Gasteiger partial charge on any atom is -0.454 e. The zero-order chi connectivity index (χ0) is 20.2. The topological polar surface area (TPSA) is 97.2 Å². The first kappa shape index (κ1) is 19.0. The molecule has 0 saturated carbocycles. The van der Waals surface area contributed by atoms with Crippen LogP contribution in [0.4, 0.5) is 17.1 Å². The van der Waals surface area contributed by atoms with Gasteiger partial charge >= 0.3 is 0 Å². The standard InChI is InChI=1S/C20H22N4O5/c25-20(21-15-5-6-18-19(13-15)29-14-28-18)7-8-22-9-11-23(12-10-22)16-3-1-2-4-17(16)24(26)27/h1-6,13H,7-12,14H2,(H,21,25). The average Bonchev–Trinajstić information content (AvgIpc) is 3.20. The summed E-state index contributed by atoms with van der Waals surface area (Å²) in [7, 11) is 0. The maximum atomic E-state index is 12.3. The number of piperazine rings is 1. The number of fused-ring (bicyclic) bond motifs is 1. The molecule has 2 aliphatic rings. The van der Waals surface area contributed by atoms with Crippen LogP contribution in [0, 0.1) is 10.1 Å². The SMILES string of the molecule is O=C(CCN1CCN(c2ccccc2[N+](=O)[O-])CC1)Nc1ccc2c(c1)OCO2. The van der Waals surface area contributed by atoms with Gasteiger partial charge in [0.15, 0.2) is 11.5 Å². The lowest BCUT2D eigenvalue weighted by Gasteiger charge is -2.35. The summed E-state index contributed by atoms with van der Waals surface area (Å²) in [5.41, 5.74) is 1.46. The molecular formula is C20H22N4O5. The molecule has 0 unspecified atom stereocenters. The predicted molar refractivity (Wildman–Crippen MR) is 108 cm³/mol. The highest BCUT2D eigenvalue weighted by molar-refractivity contribution is 5.91. The zero-order valence-corrected chi connectivity index (χ0v) is 15.9. The molecule has 9 nitrogen and oxygen atoms in total. The Kier molecular flexibility index (Phi) is 5.48.